The molecule has 2 aromatic carbocycles. The van der Waals surface area contributed by atoms with Crippen molar-refractivity contribution in [1.29, 1.82) is 0 Å². The van der Waals surface area contributed by atoms with E-state index in [0.717, 1.165) is 5.56 Å². The second kappa shape index (κ2) is 10.3. The van der Waals surface area contributed by atoms with Crippen molar-refractivity contribution in [2.75, 3.05) is 25.6 Å². The van der Waals surface area contributed by atoms with Gasteiger partial charge < -0.3 is 9.47 Å². The van der Waals surface area contributed by atoms with E-state index in [9.17, 15) is 13.2 Å². The number of benzene rings is 2. The molecule has 0 atom stereocenters. The number of nitrogens with zero attached hydrogens (tertiary/aromatic N) is 1. The lowest BCUT2D eigenvalue weighted by Crippen LogP contribution is -2.39. The third-order valence-corrected chi connectivity index (χ3v) is 7.01. The first kappa shape index (κ1) is 22.6. The molecule has 1 heterocycles. The summed E-state index contributed by atoms with van der Waals surface area (Å²) in [6.45, 7) is 3.65. The lowest BCUT2D eigenvalue weighted by molar-refractivity contribution is -0.149. The molecule has 0 amide bonds. The summed E-state index contributed by atoms with van der Waals surface area (Å²) in [6, 6.07) is 13.8. The number of rotatable bonds is 8. The molecule has 0 spiro atoms. The van der Waals surface area contributed by atoms with Crippen molar-refractivity contribution in [3.05, 3.63) is 59.1 Å². The SMILES string of the molecule is CCOC(=O)C1CCN(CS(=O)(=O)c2ccc(OCc3ccc(Cl)cc3)cc2)CC1. The molecular weight excluding hydrogens is 426 g/mol. The van der Waals surface area contributed by atoms with Gasteiger partial charge in [0.1, 0.15) is 18.2 Å². The molecule has 30 heavy (non-hydrogen) atoms. The number of piperidine rings is 1. The van der Waals surface area contributed by atoms with Gasteiger partial charge in [0.15, 0.2) is 9.84 Å². The number of hydrogen-bond acceptors (Lipinski definition) is 6. The van der Waals surface area contributed by atoms with Crippen molar-refractivity contribution in [3.63, 3.8) is 0 Å². The first-order valence-corrected chi connectivity index (χ1v) is 12.0. The van der Waals surface area contributed by atoms with Gasteiger partial charge in [0.2, 0.25) is 0 Å². The minimum absolute atomic E-state index is 0.0620. The number of esters is 1. The van der Waals surface area contributed by atoms with E-state index in [1.165, 1.54) is 0 Å². The Labute approximate surface area is 182 Å². The van der Waals surface area contributed by atoms with Crippen molar-refractivity contribution in [2.24, 2.45) is 5.92 Å². The Morgan fingerprint density at radius 2 is 1.70 bits per heavy atom. The van der Waals surface area contributed by atoms with Crippen molar-refractivity contribution in [3.8, 4) is 5.75 Å². The van der Waals surface area contributed by atoms with Crippen LogP contribution in [0.4, 0.5) is 0 Å². The fourth-order valence-corrected chi connectivity index (χ4v) is 4.93. The maximum absolute atomic E-state index is 12.8. The van der Waals surface area contributed by atoms with Crippen LogP contribution in [0.2, 0.25) is 5.02 Å². The Morgan fingerprint density at radius 3 is 2.30 bits per heavy atom. The molecule has 6 nitrogen and oxygen atoms in total. The summed E-state index contributed by atoms with van der Waals surface area (Å²) < 4.78 is 36.3. The fraction of sp³-hybridized carbons (Fsp3) is 0.409. The average Bonchev–Trinajstić information content (AvgIpc) is 2.74. The first-order valence-electron chi connectivity index (χ1n) is 9.96. The summed E-state index contributed by atoms with van der Waals surface area (Å²) in [5, 5.41) is 0.665. The molecule has 0 N–H and O–H groups in total. The number of ether oxygens (including phenoxy) is 2. The number of likely N-dealkylation sites (tertiary alicyclic amines) is 1. The molecule has 1 fully saturated rings. The standard InChI is InChI=1S/C22H26ClNO5S/c1-2-28-22(25)18-11-13-24(14-12-18)16-30(26,27)21-9-7-20(8-10-21)29-15-17-3-5-19(23)6-4-17/h3-10,18H,2,11-16H2,1H3. The van der Waals surface area contributed by atoms with Gasteiger partial charge in [-0.2, -0.15) is 0 Å². The molecular formula is C22H26ClNO5S. The molecule has 0 unspecified atom stereocenters. The molecule has 8 heteroatoms. The number of hydrogen-bond donors (Lipinski definition) is 0. The molecule has 2 aromatic rings. The highest BCUT2D eigenvalue weighted by Crippen LogP contribution is 2.23. The quantitative estimate of drug-likeness (QED) is 0.566. The Hall–Kier alpha value is -2.09. The zero-order valence-corrected chi connectivity index (χ0v) is 18.5. The van der Waals surface area contributed by atoms with Crippen LogP contribution in [-0.4, -0.2) is 44.9 Å². The van der Waals surface area contributed by atoms with E-state index in [1.807, 2.05) is 17.0 Å². The second-order valence-corrected chi connectivity index (χ2v) is 9.67. The molecule has 1 aliphatic rings. The summed E-state index contributed by atoms with van der Waals surface area (Å²) >= 11 is 5.87. The van der Waals surface area contributed by atoms with E-state index >= 15 is 0 Å². The molecule has 0 aliphatic carbocycles. The Morgan fingerprint density at radius 1 is 1.07 bits per heavy atom. The number of sulfone groups is 1. The third-order valence-electron chi connectivity index (χ3n) is 5.06. The van der Waals surface area contributed by atoms with Gasteiger partial charge in [-0.15, -0.1) is 0 Å². The van der Waals surface area contributed by atoms with Crippen LogP contribution >= 0.6 is 11.6 Å². The highest BCUT2D eigenvalue weighted by Gasteiger charge is 2.28. The number of carbonyl (C=O) groups is 1. The molecule has 0 radical (unpaired) electrons. The topological polar surface area (TPSA) is 72.9 Å². The van der Waals surface area contributed by atoms with Crippen LogP contribution in [0, 0.1) is 5.92 Å². The molecule has 162 valence electrons. The molecule has 3 rings (SSSR count). The van der Waals surface area contributed by atoms with Crippen LogP contribution in [0.25, 0.3) is 0 Å². The molecule has 1 aliphatic heterocycles. The minimum atomic E-state index is -3.46. The van der Waals surface area contributed by atoms with Crippen LogP contribution in [-0.2, 0) is 26.0 Å². The normalized spacial score (nSPS) is 15.7. The van der Waals surface area contributed by atoms with Crippen LogP contribution in [0.1, 0.15) is 25.3 Å². The van der Waals surface area contributed by atoms with Crippen LogP contribution < -0.4 is 4.74 Å². The van der Waals surface area contributed by atoms with E-state index in [-0.39, 0.29) is 22.7 Å². The predicted octanol–water partition coefficient (Wildman–Crippen LogP) is 3.93. The van der Waals surface area contributed by atoms with E-state index in [4.69, 9.17) is 21.1 Å². The maximum atomic E-state index is 12.8. The highest BCUT2D eigenvalue weighted by molar-refractivity contribution is 7.91. The lowest BCUT2D eigenvalue weighted by Gasteiger charge is -2.30. The lowest BCUT2D eigenvalue weighted by atomic mass is 9.97. The zero-order chi connectivity index (χ0) is 21.6. The van der Waals surface area contributed by atoms with Crippen LogP contribution in [0.3, 0.4) is 0 Å². The van der Waals surface area contributed by atoms with Crippen LogP contribution in [0.5, 0.6) is 5.75 Å². The third kappa shape index (κ3) is 6.20. The van der Waals surface area contributed by atoms with Crippen molar-refractivity contribution in [2.45, 2.75) is 31.3 Å². The average molecular weight is 452 g/mol. The predicted molar refractivity (Wildman–Crippen MR) is 115 cm³/mol. The molecule has 0 aromatic heterocycles. The summed E-state index contributed by atoms with van der Waals surface area (Å²) in [7, 11) is -3.46. The van der Waals surface area contributed by atoms with Crippen LogP contribution in [0.15, 0.2) is 53.4 Å². The first-order chi connectivity index (χ1) is 14.4. The summed E-state index contributed by atoms with van der Waals surface area (Å²) in [6.07, 6.45) is 1.23. The van der Waals surface area contributed by atoms with Gasteiger partial charge in [0, 0.05) is 5.02 Å². The highest BCUT2D eigenvalue weighted by atomic mass is 35.5. The van der Waals surface area contributed by atoms with Gasteiger partial charge in [0.05, 0.1) is 17.4 Å². The minimum Gasteiger partial charge on any atom is -0.489 e. The number of halogens is 1. The van der Waals surface area contributed by atoms with Crippen molar-refractivity contribution >= 4 is 27.4 Å². The summed E-state index contributed by atoms with van der Waals surface area (Å²) in [5.41, 5.74) is 0.974. The monoisotopic (exact) mass is 451 g/mol. The van der Waals surface area contributed by atoms with Gasteiger partial charge in [-0.1, -0.05) is 23.7 Å². The Bertz CT molecular complexity index is 936. The largest absolute Gasteiger partial charge is 0.489 e. The van der Waals surface area contributed by atoms with Gasteiger partial charge in [-0.3, -0.25) is 9.69 Å². The summed E-state index contributed by atoms with van der Waals surface area (Å²) in [4.78, 5) is 14.0. The molecule has 0 bridgehead atoms. The summed E-state index contributed by atoms with van der Waals surface area (Å²) in [5.74, 6) is 0.211. The van der Waals surface area contributed by atoms with E-state index in [0.29, 0.717) is 49.9 Å². The smallest absolute Gasteiger partial charge is 0.309 e. The van der Waals surface area contributed by atoms with Gasteiger partial charge in [-0.25, -0.2) is 8.42 Å². The molecule has 0 saturated carbocycles. The maximum Gasteiger partial charge on any atom is 0.309 e. The van der Waals surface area contributed by atoms with Gasteiger partial charge >= 0.3 is 5.97 Å². The van der Waals surface area contributed by atoms with E-state index in [2.05, 4.69) is 0 Å². The number of carbonyl (C=O) groups excluding carboxylic acids is 1. The van der Waals surface area contributed by atoms with E-state index in [1.54, 1.807) is 43.3 Å². The fourth-order valence-electron chi connectivity index (χ4n) is 3.36. The van der Waals surface area contributed by atoms with E-state index < -0.39 is 9.84 Å². The van der Waals surface area contributed by atoms with Crippen molar-refractivity contribution < 1.29 is 22.7 Å². The van der Waals surface area contributed by atoms with Gasteiger partial charge in [-0.05, 0) is 74.8 Å². The Balaban J connectivity index is 1.52. The second-order valence-electron chi connectivity index (χ2n) is 7.27. The van der Waals surface area contributed by atoms with Gasteiger partial charge in [0.25, 0.3) is 0 Å². The Kier molecular flexibility index (Phi) is 7.75. The zero-order valence-electron chi connectivity index (χ0n) is 16.9. The van der Waals surface area contributed by atoms with Crippen molar-refractivity contribution in [1.82, 2.24) is 4.90 Å². The molecule has 1 saturated heterocycles.